The Hall–Kier alpha value is -0.530. The fourth-order valence-corrected chi connectivity index (χ4v) is 10.2. The summed E-state index contributed by atoms with van der Waals surface area (Å²) in [6.07, 6.45) is 16.6. The van der Waals surface area contributed by atoms with Crippen molar-refractivity contribution < 1.29 is 9.53 Å². The van der Waals surface area contributed by atoms with Gasteiger partial charge in [0.15, 0.2) is 0 Å². The molecule has 33 heavy (non-hydrogen) atoms. The third kappa shape index (κ3) is 4.67. The van der Waals surface area contributed by atoms with E-state index in [0.29, 0.717) is 10.8 Å². The Kier molecular flexibility index (Phi) is 7.63. The number of hydrogen-bond donors (Lipinski definition) is 0. The van der Waals surface area contributed by atoms with Crippen molar-refractivity contribution in [2.24, 2.45) is 58.2 Å². The van der Waals surface area contributed by atoms with Crippen LogP contribution in [0.1, 0.15) is 126 Å². The quantitative estimate of drug-likeness (QED) is 0.357. The molecule has 0 radical (unpaired) electrons. The van der Waals surface area contributed by atoms with Crippen LogP contribution in [0.25, 0.3) is 0 Å². The Morgan fingerprint density at radius 1 is 0.909 bits per heavy atom. The monoisotopic (exact) mass is 458 g/mol. The van der Waals surface area contributed by atoms with Gasteiger partial charge in [0, 0.05) is 6.92 Å². The lowest BCUT2D eigenvalue weighted by molar-refractivity contribution is -0.160. The lowest BCUT2D eigenvalue weighted by atomic mass is 9.44. The van der Waals surface area contributed by atoms with E-state index >= 15 is 0 Å². The smallest absolute Gasteiger partial charge is 0.302 e. The lowest BCUT2D eigenvalue weighted by Crippen LogP contribution is -2.54. The van der Waals surface area contributed by atoms with Crippen LogP contribution in [0.2, 0.25) is 0 Å². The molecule has 0 aromatic carbocycles. The summed E-state index contributed by atoms with van der Waals surface area (Å²) in [5, 5.41) is 0. The zero-order valence-electron chi connectivity index (χ0n) is 23.0. The van der Waals surface area contributed by atoms with Crippen LogP contribution >= 0.6 is 0 Å². The van der Waals surface area contributed by atoms with Gasteiger partial charge >= 0.3 is 5.97 Å². The van der Waals surface area contributed by atoms with Gasteiger partial charge in [-0.25, -0.2) is 0 Å². The third-order valence-electron chi connectivity index (χ3n) is 12.2. The molecule has 190 valence electrons. The third-order valence-corrected chi connectivity index (χ3v) is 12.2. The number of ether oxygens (including phenoxy) is 1. The van der Waals surface area contributed by atoms with Gasteiger partial charge in [-0.3, -0.25) is 4.79 Å². The van der Waals surface area contributed by atoms with Crippen molar-refractivity contribution in [3.8, 4) is 0 Å². The van der Waals surface area contributed by atoms with Gasteiger partial charge in [0.25, 0.3) is 0 Å². The standard InChI is InChI=1S/C31H54O2/c1-8-23(20(2)3)10-9-21(4)27-13-14-28-26-12-11-24-19-25(33-22(5)32)15-17-30(24,6)29(26)16-18-31(27,28)7/h20-21,23-29H,8-19H2,1-7H3/t21-,23+,24-,25+,26+,27-,28+,29+,30+,31-/m1/s1. The number of esters is 1. The molecular weight excluding hydrogens is 404 g/mol. The molecule has 0 saturated heterocycles. The predicted octanol–water partition coefficient (Wildman–Crippen LogP) is 8.68. The maximum absolute atomic E-state index is 11.5. The van der Waals surface area contributed by atoms with Crippen molar-refractivity contribution in [2.75, 3.05) is 0 Å². The molecule has 2 heteroatoms. The molecule has 0 bridgehead atoms. The Labute approximate surface area is 205 Å². The molecule has 10 atom stereocenters. The Balaban J connectivity index is 1.42. The number of hydrogen-bond acceptors (Lipinski definition) is 2. The van der Waals surface area contributed by atoms with Gasteiger partial charge in [-0.2, -0.15) is 0 Å². The van der Waals surface area contributed by atoms with Crippen molar-refractivity contribution in [3.63, 3.8) is 0 Å². The minimum absolute atomic E-state index is 0.0875. The summed E-state index contributed by atoms with van der Waals surface area (Å²) in [7, 11) is 0. The first-order chi connectivity index (χ1) is 15.6. The summed E-state index contributed by atoms with van der Waals surface area (Å²) in [4.78, 5) is 11.5. The van der Waals surface area contributed by atoms with Crippen LogP contribution < -0.4 is 0 Å². The first-order valence-electron chi connectivity index (χ1n) is 14.8. The van der Waals surface area contributed by atoms with Crippen molar-refractivity contribution >= 4 is 5.97 Å². The first kappa shape index (κ1) is 25.6. The van der Waals surface area contributed by atoms with E-state index in [0.717, 1.165) is 60.2 Å². The maximum atomic E-state index is 11.5. The van der Waals surface area contributed by atoms with Gasteiger partial charge in [-0.05, 0) is 122 Å². The number of rotatable bonds is 7. The zero-order valence-corrected chi connectivity index (χ0v) is 23.0. The minimum atomic E-state index is -0.0875. The summed E-state index contributed by atoms with van der Waals surface area (Å²) in [6, 6.07) is 0. The van der Waals surface area contributed by atoms with E-state index in [4.69, 9.17) is 4.74 Å². The van der Waals surface area contributed by atoms with Crippen LogP contribution in [0, 0.1) is 58.2 Å². The average Bonchev–Trinajstić information content (AvgIpc) is 3.11. The highest BCUT2D eigenvalue weighted by Gasteiger charge is 2.60. The topological polar surface area (TPSA) is 26.3 Å². The Morgan fingerprint density at radius 3 is 2.27 bits per heavy atom. The second-order valence-electron chi connectivity index (χ2n) is 13.9. The highest BCUT2D eigenvalue weighted by atomic mass is 16.5. The molecular formula is C31H54O2. The van der Waals surface area contributed by atoms with E-state index in [2.05, 4.69) is 41.5 Å². The Bertz CT molecular complexity index is 684. The van der Waals surface area contributed by atoms with Gasteiger partial charge in [0.2, 0.25) is 0 Å². The van der Waals surface area contributed by atoms with E-state index in [1.54, 1.807) is 6.92 Å². The molecule has 0 spiro atoms. The number of fused-ring (bicyclic) bond motifs is 5. The molecule has 4 aliphatic rings. The molecule has 0 aromatic heterocycles. The van der Waals surface area contributed by atoms with E-state index in [9.17, 15) is 4.79 Å². The van der Waals surface area contributed by atoms with Crippen molar-refractivity contribution in [1.29, 1.82) is 0 Å². The number of carbonyl (C=O) groups excluding carboxylic acids is 1. The van der Waals surface area contributed by atoms with Gasteiger partial charge in [-0.1, -0.05) is 54.4 Å². The van der Waals surface area contributed by atoms with E-state index < -0.39 is 0 Å². The second kappa shape index (κ2) is 9.85. The molecule has 0 N–H and O–H groups in total. The molecule has 4 aliphatic carbocycles. The van der Waals surface area contributed by atoms with Crippen molar-refractivity contribution in [2.45, 2.75) is 132 Å². The molecule has 0 heterocycles. The molecule has 0 amide bonds. The van der Waals surface area contributed by atoms with Crippen molar-refractivity contribution in [1.82, 2.24) is 0 Å². The molecule has 4 saturated carbocycles. The normalized spacial score (nSPS) is 44.5. The van der Waals surface area contributed by atoms with Crippen LogP contribution in [0.5, 0.6) is 0 Å². The van der Waals surface area contributed by atoms with Crippen LogP contribution in [0.4, 0.5) is 0 Å². The lowest BCUT2D eigenvalue weighted by Gasteiger charge is -2.61. The molecule has 0 aliphatic heterocycles. The first-order valence-corrected chi connectivity index (χ1v) is 14.8. The summed E-state index contributed by atoms with van der Waals surface area (Å²) in [6.45, 7) is 16.8. The SMILES string of the molecule is CC[C@@H](CC[C@@H](C)[C@H]1CC[C@H]2[C@@H]3CC[C@@H]4C[C@@H](OC(C)=O)CC[C@]4(C)[C@H]3CC[C@]12C)C(C)C. The van der Waals surface area contributed by atoms with Crippen molar-refractivity contribution in [3.05, 3.63) is 0 Å². The van der Waals surface area contributed by atoms with E-state index in [1.807, 2.05) is 0 Å². The highest BCUT2D eigenvalue weighted by Crippen LogP contribution is 2.68. The highest BCUT2D eigenvalue weighted by molar-refractivity contribution is 5.66. The summed E-state index contributed by atoms with van der Waals surface area (Å²) < 4.78 is 5.67. The summed E-state index contributed by atoms with van der Waals surface area (Å²) in [5.74, 6) is 7.06. The fraction of sp³-hybridized carbons (Fsp3) is 0.968. The molecule has 4 fully saturated rings. The van der Waals surface area contributed by atoms with Gasteiger partial charge in [0.05, 0.1) is 0 Å². The van der Waals surface area contributed by atoms with Crippen LogP contribution in [-0.4, -0.2) is 12.1 Å². The second-order valence-corrected chi connectivity index (χ2v) is 13.9. The average molecular weight is 459 g/mol. The molecule has 2 nitrogen and oxygen atoms in total. The zero-order chi connectivity index (χ0) is 24.0. The van der Waals surface area contributed by atoms with Crippen LogP contribution in [-0.2, 0) is 9.53 Å². The van der Waals surface area contributed by atoms with Crippen LogP contribution in [0.3, 0.4) is 0 Å². The largest absolute Gasteiger partial charge is 0.463 e. The summed E-state index contributed by atoms with van der Waals surface area (Å²) in [5.41, 5.74) is 1.06. The van der Waals surface area contributed by atoms with Gasteiger partial charge in [0.1, 0.15) is 6.10 Å². The minimum Gasteiger partial charge on any atom is -0.463 e. The van der Waals surface area contributed by atoms with Gasteiger partial charge in [-0.15, -0.1) is 0 Å². The van der Waals surface area contributed by atoms with Gasteiger partial charge < -0.3 is 4.74 Å². The maximum Gasteiger partial charge on any atom is 0.302 e. The van der Waals surface area contributed by atoms with Crippen LogP contribution in [0.15, 0.2) is 0 Å². The van der Waals surface area contributed by atoms with E-state index in [1.165, 1.54) is 64.2 Å². The molecule has 0 aromatic rings. The number of carbonyl (C=O) groups is 1. The molecule has 0 unspecified atom stereocenters. The van der Waals surface area contributed by atoms with E-state index in [-0.39, 0.29) is 12.1 Å². The fourth-order valence-electron chi connectivity index (χ4n) is 10.2. The predicted molar refractivity (Wildman–Crippen MR) is 138 cm³/mol. The summed E-state index contributed by atoms with van der Waals surface area (Å²) >= 11 is 0. The molecule has 4 rings (SSSR count). The Morgan fingerprint density at radius 2 is 1.61 bits per heavy atom.